The topological polar surface area (TPSA) is 76.7 Å². The van der Waals surface area contributed by atoms with E-state index >= 15 is 0 Å². The number of hydrogen-bond acceptors (Lipinski definition) is 5. The zero-order chi connectivity index (χ0) is 21.5. The number of carbonyl (C=O) groups excluding carboxylic acids is 2. The van der Waals surface area contributed by atoms with Gasteiger partial charge in [-0.3, -0.25) is 4.79 Å². The van der Waals surface area contributed by atoms with Crippen LogP contribution >= 0.6 is 23.2 Å². The van der Waals surface area contributed by atoms with Crippen LogP contribution in [0.25, 0.3) is 0 Å². The van der Waals surface area contributed by atoms with E-state index in [0.29, 0.717) is 12.6 Å². The Balaban J connectivity index is 1.64. The van der Waals surface area contributed by atoms with Crippen LogP contribution in [0.2, 0.25) is 10.0 Å². The van der Waals surface area contributed by atoms with Crippen LogP contribution in [0.15, 0.2) is 42.5 Å². The fourth-order valence-electron chi connectivity index (χ4n) is 3.33. The fraction of sp³-hybridized carbons (Fsp3) is 0.364. The molecular formula is C22H24Cl2N2O4. The first-order valence-electron chi connectivity index (χ1n) is 9.75. The molecule has 0 aromatic heterocycles. The predicted octanol–water partition coefficient (Wildman–Crippen LogP) is 3.64. The summed E-state index contributed by atoms with van der Waals surface area (Å²) in [5.41, 5.74) is 0.973. The van der Waals surface area contributed by atoms with Gasteiger partial charge in [-0.2, -0.15) is 0 Å². The summed E-state index contributed by atoms with van der Waals surface area (Å²) in [6.45, 7) is 1.66. The molecule has 0 aliphatic carbocycles. The van der Waals surface area contributed by atoms with Gasteiger partial charge in [0.05, 0.1) is 22.7 Å². The van der Waals surface area contributed by atoms with E-state index in [0.717, 1.165) is 24.3 Å². The molecule has 2 atom stereocenters. The van der Waals surface area contributed by atoms with Crippen molar-refractivity contribution in [2.45, 2.75) is 31.3 Å². The van der Waals surface area contributed by atoms with E-state index in [1.165, 1.54) is 13.5 Å². The van der Waals surface area contributed by atoms with Crippen LogP contribution in [0, 0.1) is 0 Å². The second kappa shape index (κ2) is 10.7. The van der Waals surface area contributed by atoms with Gasteiger partial charge in [0.2, 0.25) is 0 Å². The number of esters is 1. The van der Waals surface area contributed by atoms with Crippen molar-refractivity contribution in [3.05, 3.63) is 63.6 Å². The summed E-state index contributed by atoms with van der Waals surface area (Å²) in [6, 6.07) is 11.7. The Morgan fingerprint density at radius 3 is 2.47 bits per heavy atom. The first kappa shape index (κ1) is 22.4. The molecule has 1 amide bonds. The fourth-order valence-corrected chi connectivity index (χ4v) is 3.90. The Morgan fingerprint density at radius 1 is 1.17 bits per heavy atom. The summed E-state index contributed by atoms with van der Waals surface area (Å²) in [5.74, 6) is -0.335. The molecule has 1 heterocycles. The molecule has 0 spiro atoms. The van der Waals surface area contributed by atoms with Gasteiger partial charge in [-0.15, -0.1) is 0 Å². The van der Waals surface area contributed by atoms with Crippen LogP contribution in [-0.2, 0) is 16.0 Å². The van der Waals surface area contributed by atoms with Crippen molar-refractivity contribution in [1.82, 2.24) is 10.6 Å². The Bertz CT molecular complexity index is 863. The molecule has 6 nitrogen and oxygen atoms in total. The molecule has 0 unspecified atom stereocenters. The summed E-state index contributed by atoms with van der Waals surface area (Å²) in [6.07, 6.45) is 2.55. The smallest absolute Gasteiger partial charge is 0.328 e. The molecule has 2 N–H and O–H groups in total. The van der Waals surface area contributed by atoms with Crippen LogP contribution in [0.4, 0.5) is 0 Å². The lowest BCUT2D eigenvalue weighted by Crippen LogP contribution is -2.43. The Kier molecular flexibility index (Phi) is 7.96. The van der Waals surface area contributed by atoms with Crippen molar-refractivity contribution in [1.29, 1.82) is 0 Å². The largest absolute Gasteiger partial charge is 0.492 e. The van der Waals surface area contributed by atoms with Gasteiger partial charge < -0.3 is 20.1 Å². The highest BCUT2D eigenvalue weighted by Gasteiger charge is 2.25. The van der Waals surface area contributed by atoms with Crippen molar-refractivity contribution in [2.75, 3.05) is 20.3 Å². The van der Waals surface area contributed by atoms with Crippen molar-refractivity contribution in [3.63, 3.8) is 0 Å². The van der Waals surface area contributed by atoms with Gasteiger partial charge in [-0.05, 0) is 49.2 Å². The maximum absolute atomic E-state index is 12.7. The first-order chi connectivity index (χ1) is 14.5. The van der Waals surface area contributed by atoms with Crippen molar-refractivity contribution >= 4 is 35.1 Å². The Labute approximate surface area is 185 Å². The molecule has 8 heteroatoms. The number of nitrogens with one attached hydrogen (secondary N) is 2. The van der Waals surface area contributed by atoms with E-state index in [-0.39, 0.29) is 22.0 Å². The van der Waals surface area contributed by atoms with Crippen LogP contribution in [0.3, 0.4) is 0 Å². The molecule has 160 valence electrons. The zero-order valence-electron chi connectivity index (χ0n) is 16.6. The highest BCUT2D eigenvalue weighted by Crippen LogP contribution is 2.24. The number of rotatable bonds is 8. The molecule has 0 radical (unpaired) electrons. The summed E-state index contributed by atoms with van der Waals surface area (Å²) in [7, 11) is 1.28. The van der Waals surface area contributed by atoms with Crippen LogP contribution in [-0.4, -0.2) is 44.2 Å². The lowest BCUT2D eigenvalue weighted by atomic mass is 10.0. The predicted molar refractivity (Wildman–Crippen MR) is 116 cm³/mol. The molecule has 1 aliphatic heterocycles. The van der Waals surface area contributed by atoms with Gasteiger partial charge >= 0.3 is 5.97 Å². The SMILES string of the molecule is COC(=O)[C@H](Cc1ccc(OC[C@@H]2CCCN2)cc1)NC(=O)c1c(Cl)cccc1Cl. The van der Waals surface area contributed by atoms with Gasteiger partial charge in [0.25, 0.3) is 5.91 Å². The molecule has 1 fully saturated rings. The summed E-state index contributed by atoms with van der Waals surface area (Å²) < 4.78 is 10.7. The summed E-state index contributed by atoms with van der Waals surface area (Å²) >= 11 is 12.2. The second-order valence-corrected chi connectivity index (χ2v) is 7.91. The average Bonchev–Trinajstić information content (AvgIpc) is 3.25. The van der Waals surface area contributed by atoms with Crippen LogP contribution in [0.1, 0.15) is 28.8 Å². The third-order valence-electron chi connectivity index (χ3n) is 4.96. The molecule has 1 aliphatic rings. The van der Waals surface area contributed by atoms with Gasteiger partial charge in [-0.25, -0.2) is 4.79 Å². The van der Waals surface area contributed by atoms with E-state index in [2.05, 4.69) is 10.6 Å². The van der Waals surface area contributed by atoms with Crippen molar-refractivity contribution in [3.8, 4) is 5.75 Å². The van der Waals surface area contributed by atoms with E-state index in [1.807, 2.05) is 24.3 Å². The number of hydrogen-bond donors (Lipinski definition) is 2. The van der Waals surface area contributed by atoms with Crippen molar-refractivity contribution < 1.29 is 19.1 Å². The van der Waals surface area contributed by atoms with Crippen LogP contribution < -0.4 is 15.4 Å². The van der Waals surface area contributed by atoms with Crippen molar-refractivity contribution in [2.24, 2.45) is 0 Å². The molecule has 0 bridgehead atoms. The van der Waals surface area contributed by atoms with E-state index in [9.17, 15) is 9.59 Å². The van der Waals surface area contributed by atoms with Gasteiger partial charge in [0.15, 0.2) is 0 Å². The highest BCUT2D eigenvalue weighted by atomic mass is 35.5. The van der Waals surface area contributed by atoms with E-state index < -0.39 is 17.9 Å². The number of methoxy groups -OCH3 is 1. The van der Waals surface area contributed by atoms with E-state index in [1.54, 1.807) is 18.2 Å². The van der Waals surface area contributed by atoms with Gasteiger partial charge in [-0.1, -0.05) is 41.4 Å². The standard InChI is InChI=1S/C22H24Cl2N2O4/c1-29-22(28)19(26-21(27)20-17(23)5-2-6-18(20)24)12-14-7-9-16(10-8-14)30-13-15-4-3-11-25-15/h2,5-10,15,19,25H,3-4,11-13H2,1H3,(H,26,27)/t15-,19-/m0/s1. The van der Waals surface area contributed by atoms with Crippen LogP contribution in [0.5, 0.6) is 5.75 Å². The molecule has 3 rings (SSSR count). The number of carbonyl (C=O) groups is 2. The third kappa shape index (κ3) is 5.88. The minimum atomic E-state index is -0.885. The normalized spacial score (nSPS) is 16.7. The minimum absolute atomic E-state index is 0.124. The molecule has 2 aromatic rings. The second-order valence-electron chi connectivity index (χ2n) is 7.10. The first-order valence-corrected chi connectivity index (χ1v) is 10.5. The number of benzene rings is 2. The molecule has 0 saturated carbocycles. The zero-order valence-corrected chi connectivity index (χ0v) is 18.1. The maximum Gasteiger partial charge on any atom is 0.328 e. The summed E-state index contributed by atoms with van der Waals surface area (Å²) in [4.78, 5) is 24.9. The lowest BCUT2D eigenvalue weighted by Gasteiger charge is -2.18. The average molecular weight is 451 g/mol. The Hall–Kier alpha value is -2.28. The minimum Gasteiger partial charge on any atom is -0.492 e. The molecular weight excluding hydrogens is 427 g/mol. The maximum atomic E-state index is 12.7. The molecule has 30 heavy (non-hydrogen) atoms. The Morgan fingerprint density at radius 2 is 1.87 bits per heavy atom. The molecule has 1 saturated heterocycles. The summed E-state index contributed by atoms with van der Waals surface area (Å²) in [5, 5.41) is 6.48. The highest BCUT2D eigenvalue weighted by molar-refractivity contribution is 6.39. The van der Waals surface area contributed by atoms with Gasteiger partial charge in [0.1, 0.15) is 18.4 Å². The number of ether oxygens (including phenoxy) is 2. The quantitative estimate of drug-likeness (QED) is 0.600. The molecule has 2 aromatic carbocycles. The number of halogens is 2. The van der Waals surface area contributed by atoms with E-state index in [4.69, 9.17) is 32.7 Å². The number of amides is 1. The van der Waals surface area contributed by atoms with Gasteiger partial charge in [0, 0.05) is 12.5 Å². The lowest BCUT2D eigenvalue weighted by molar-refractivity contribution is -0.142. The third-order valence-corrected chi connectivity index (χ3v) is 5.59. The monoisotopic (exact) mass is 450 g/mol.